The van der Waals surface area contributed by atoms with Crippen LogP contribution in [-0.2, 0) is 9.59 Å². The highest BCUT2D eigenvalue weighted by atomic mass is 19.1. The van der Waals surface area contributed by atoms with Gasteiger partial charge in [-0.1, -0.05) is 6.92 Å². The van der Waals surface area contributed by atoms with Gasteiger partial charge in [-0.05, 0) is 57.9 Å². The number of hydrogen-bond acceptors (Lipinski definition) is 5. The molecular formula is C23H40FN5O2. The lowest BCUT2D eigenvalue weighted by atomic mass is 9.77. The molecule has 0 aromatic carbocycles. The number of nitrogens with one attached hydrogen (secondary N) is 3. The first-order valence-electron chi connectivity index (χ1n) is 12.3. The lowest BCUT2D eigenvalue weighted by Gasteiger charge is -2.45. The first-order valence-corrected chi connectivity index (χ1v) is 12.3. The van der Waals surface area contributed by atoms with Crippen LogP contribution in [0.5, 0.6) is 0 Å². The van der Waals surface area contributed by atoms with E-state index in [1.807, 2.05) is 11.9 Å². The minimum atomic E-state index is -0.777. The van der Waals surface area contributed by atoms with Crippen molar-refractivity contribution in [1.82, 2.24) is 25.8 Å². The summed E-state index contributed by atoms with van der Waals surface area (Å²) < 4.78 is 14.4. The third-order valence-corrected chi connectivity index (χ3v) is 8.30. The van der Waals surface area contributed by atoms with Crippen molar-refractivity contribution in [2.45, 2.75) is 88.3 Å². The SMILES string of the molecule is CNC[C@@H]1CN([C@@H]2CCC[C@@H](NC(=O)C3CC4C(F)CCC(C)C4N3)C2)CCN1C=O. The summed E-state index contributed by atoms with van der Waals surface area (Å²) in [5, 5.41) is 9.96. The van der Waals surface area contributed by atoms with E-state index in [9.17, 15) is 14.0 Å². The standard InChI is InChI=1S/C23H40FN5O2/c1-15-6-7-20(24)19-11-21(27-22(15)19)23(31)26-16-4-3-5-17(10-16)28-8-9-29(14-30)18(13-28)12-25-2/h14-22,25,27H,3-13H2,1-2H3,(H,26,31)/t15?,16-,17-,18-,19?,20?,21?,22?/m1/s1. The number of likely N-dealkylation sites (N-methyl/N-ethyl adjacent to an activating group) is 1. The summed E-state index contributed by atoms with van der Waals surface area (Å²) in [5.41, 5.74) is 0. The van der Waals surface area contributed by atoms with Gasteiger partial charge >= 0.3 is 0 Å². The van der Waals surface area contributed by atoms with Gasteiger partial charge in [-0.3, -0.25) is 14.5 Å². The van der Waals surface area contributed by atoms with E-state index in [1.54, 1.807) is 0 Å². The van der Waals surface area contributed by atoms with Crippen LogP contribution >= 0.6 is 0 Å². The molecule has 176 valence electrons. The number of alkyl halides is 1. The van der Waals surface area contributed by atoms with Crippen LogP contribution in [0.2, 0.25) is 0 Å². The lowest BCUT2D eigenvalue weighted by Crippen LogP contribution is -2.59. The number of amides is 2. The second kappa shape index (κ2) is 10.1. The van der Waals surface area contributed by atoms with E-state index in [0.29, 0.717) is 24.8 Å². The van der Waals surface area contributed by atoms with Gasteiger partial charge in [0.25, 0.3) is 0 Å². The van der Waals surface area contributed by atoms with Crippen molar-refractivity contribution in [3.63, 3.8) is 0 Å². The van der Waals surface area contributed by atoms with Crippen LogP contribution in [-0.4, -0.2) is 91.7 Å². The maximum Gasteiger partial charge on any atom is 0.237 e. The van der Waals surface area contributed by atoms with Crippen LogP contribution in [0.4, 0.5) is 4.39 Å². The summed E-state index contributed by atoms with van der Waals surface area (Å²) in [7, 11) is 1.92. The van der Waals surface area contributed by atoms with E-state index < -0.39 is 6.17 Å². The van der Waals surface area contributed by atoms with Gasteiger partial charge in [0.05, 0.1) is 12.1 Å². The number of rotatable bonds is 6. The number of carbonyl (C=O) groups is 2. The normalized spacial score (nSPS) is 41.6. The van der Waals surface area contributed by atoms with Gasteiger partial charge in [-0.25, -0.2) is 4.39 Å². The molecule has 0 aromatic heterocycles. The fourth-order valence-electron chi connectivity index (χ4n) is 6.51. The van der Waals surface area contributed by atoms with Crippen LogP contribution in [0.15, 0.2) is 0 Å². The summed E-state index contributed by atoms with van der Waals surface area (Å²) in [6.07, 6.45) is 6.57. The third-order valence-electron chi connectivity index (χ3n) is 8.30. The molecule has 2 saturated heterocycles. The van der Waals surface area contributed by atoms with Crippen LogP contribution in [0.25, 0.3) is 0 Å². The zero-order valence-electron chi connectivity index (χ0n) is 19.1. The van der Waals surface area contributed by atoms with Crippen LogP contribution in [0.1, 0.15) is 51.9 Å². The Balaban J connectivity index is 1.30. The first kappa shape index (κ1) is 22.9. The molecule has 7 nitrogen and oxygen atoms in total. The Kier molecular flexibility index (Phi) is 7.49. The molecule has 2 saturated carbocycles. The Hall–Kier alpha value is -1.25. The number of piperazine rings is 1. The molecule has 0 aromatic rings. The number of nitrogens with zero attached hydrogens (tertiary/aromatic N) is 2. The molecule has 31 heavy (non-hydrogen) atoms. The molecule has 4 aliphatic rings. The van der Waals surface area contributed by atoms with E-state index in [2.05, 4.69) is 27.8 Å². The lowest BCUT2D eigenvalue weighted by molar-refractivity contribution is -0.125. The molecular weight excluding hydrogens is 397 g/mol. The van der Waals surface area contributed by atoms with Crippen LogP contribution < -0.4 is 16.0 Å². The largest absolute Gasteiger partial charge is 0.352 e. The predicted molar refractivity (Wildman–Crippen MR) is 118 cm³/mol. The minimum absolute atomic E-state index is 0.0168. The summed E-state index contributed by atoms with van der Waals surface area (Å²) in [5.74, 6) is 0.472. The Labute approximate surface area is 185 Å². The van der Waals surface area contributed by atoms with Crippen molar-refractivity contribution < 1.29 is 14.0 Å². The van der Waals surface area contributed by atoms with Gasteiger partial charge in [0.2, 0.25) is 12.3 Å². The molecule has 3 N–H and O–H groups in total. The highest BCUT2D eigenvalue weighted by Crippen LogP contribution is 2.38. The highest BCUT2D eigenvalue weighted by Gasteiger charge is 2.46. The van der Waals surface area contributed by atoms with Crippen LogP contribution in [0, 0.1) is 11.8 Å². The Morgan fingerprint density at radius 2 is 2.03 bits per heavy atom. The molecule has 0 radical (unpaired) electrons. The van der Waals surface area contributed by atoms with E-state index in [0.717, 1.165) is 64.7 Å². The minimum Gasteiger partial charge on any atom is -0.352 e. The Bertz CT molecular complexity index is 619. The van der Waals surface area contributed by atoms with Gasteiger partial charge in [-0.15, -0.1) is 0 Å². The van der Waals surface area contributed by atoms with Gasteiger partial charge in [0.15, 0.2) is 0 Å². The molecule has 4 rings (SSSR count). The molecule has 4 fully saturated rings. The average Bonchev–Trinajstić information content (AvgIpc) is 3.24. The molecule has 0 spiro atoms. The predicted octanol–water partition coefficient (Wildman–Crippen LogP) is 0.891. The Morgan fingerprint density at radius 3 is 2.77 bits per heavy atom. The van der Waals surface area contributed by atoms with E-state index in [4.69, 9.17) is 0 Å². The molecule has 8 heteroatoms. The fourth-order valence-corrected chi connectivity index (χ4v) is 6.51. The second-order valence-corrected chi connectivity index (χ2v) is 10.3. The summed E-state index contributed by atoms with van der Waals surface area (Å²) in [6.45, 7) is 5.52. The number of carbonyl (C=O) groups excluding carboxylic acids is 2. The number of halogens is 1. The van der Waals surface area contributed by atoms with Gasteiger partial charge < -0.3 is 20.9 Å². The average molecular weight is 438 g/mol. The van der Waals surface area contributed by atoms with Crippen molar-refractivity contribution in [3.05, 3.63) is 0 Å². The number of fused-ring (bicyclic) bond motifs is 1. The van der Waals surface area contributed by atoms with Gasteiger partial charge in [-0.2, -0.15) is 0 Å². The molecule has 5 unspecified atom stereocenters. The van der Waals surface area contributed by atoms with Gasteiger partial charge in [0, 0.05) is 50.2 Å². The second-order valence-electron chi connectivity index (χ2n) is 10.3. The van der Waals surface area contributed by atoms with Crippen molar-refractivity contribution in [2.24, 2.45) is 11.8 Å². The van der Waals surface area contributed by atoms with E-state index in [-0.39, 0.29) is 36.0 Å². The molecule has 2 amide bonds. The van der Waals surface area contributed by atoms with Gasteiger partial charge in [0.1, 0.15) is 6.17 Å². The highest BCUT2D eigenvalue weighted by molar-refractivity contribution is 5.82. The van der Waals surface area contributed by atoms with E-state index >= 15 is 0 Å². The fraction of sp³-hybridized carbons (Fsp3) is 0.913. The summed E-state index contributed by atoms with van der Waals surface area (Å²) >= 11 is 0. The monoisotopic (exact) mass is 437 g/mol. The van der Waals surface area contributed by atoms with E-state index in [1.165, 1.54) is 0 Å². The van der Waals surface area contributed by atoms with Crippen LogP contribution in [0.3, 0.4) is 0 Å². The van der Waals surface area contributed by atoms with Crippen molar-refractivity contribution >= 4 is 12.3 Å². The maximum absolute atomic E-state index is 14.4. The quantitative estimate of drug-likeness (QED) is 0.538. The third kappa shape index (κ3) is 5.06. The zero-order chi connectivity index (χ0) is 22.0. The molecule has 2 aliphatic carbocycles. The van der Waals surface area contributed by atoms with Crippen molar-refractivity contribution in [3.8, 4) is 0 Å². The molecule has 2 heterocycles. The van der Waals surface area contributed by atoms with Crippen molar-refractivity contribution in [2.75, 3.05) is 33.2 Å². The summed E-state index contributed by atoms with van der Waals surface area (Å²) in [4.78, 5) is 28.8. The zero-order valence-corrected chi connectivity index (χ0v) is 19.1. The topological polar surface area (TPSA) is 76.7 Å². The van der Waals surface area contributed by atoms with Crippen molar-refractivity contribution in [1.29, 1.82) is 0 Å². The maximum atomic E-state index is 14.4. The first-order chi connectivity index (χ1) is 15.0. The molecule has 8 atom stereocenters. The summed E-state index contributed by atoms with van der Waals surface area (Å²) in [6, 6.07) is 0.706. The number of hydrogen-bond donors (Lipinski definition) is 3. The Morgan fingerprint density at radius 1 is 1.19 bits per heavy atom. The molecule has 2 aliphatic heterocycles. The smallest absolute Gasteiger partial charge is 0.237 e. The molecule has 0 bridgehead atoms.